The molecule has 244 valence electrons. The van der Waals surface area contributed by atoms with E-state index in [0.717, 1.165) is 51.1 Å². The molecule has 4 heteroatoms. The van der Waals surface area contributed by atoms with Gasteiger partial charge in [0.1, 0.15) is 0 Å². The lowest BCUT2D eigenvalue weighted by Gasteiger charge is -2.16. The Morgan fingerprint density at radius 3 is 1.83 bits per heavy atom. The number of hydrogen-bond donors (Lipinski definition) is 0. The molecule has 0 amide bonds. The van der Waals surface area contributed by atoms with Gasteiger partial charge in [-0.05, 0) is 86.5 Å². The molecule has 2 aliphatic carbocycles. The molecule has 10 rings (SSSR count). The third-order valence-electron chi connectivity index (χ3n) is 10.3. The Labute approximate surface area is 302 Å². The minimum absolute atomic E-state index is 0.413. The number of nitrogens with zero attached hydrogens (tertiary/aromatic N) is 4. The molecule has 1 atom stereocenters. The second-order valence-corrected chi connectivity index (χ2v) is 13.4. The molecule has 0 radical (unpaired) electrons. The highest BCUT2D eigenvalue weighted by Crippen LogP contribution is 2.51. The van der Waals surface area contributed by atoms with Gasteiger partial charge in [-0.1, -0.05) is 140 Å². The van der Waals surface area contributed by atoms with E-state index < -0.39 is 0 Å². The van der Waals surface area contributed by atoms with E-state index in [1.165, 1.54) is 33.0 Å². The SMILES string of the molecule is C1=CCC2C(=C1)c1cccc3c(-c4cc(-c5ccc(-c6ccccn6)cc5)cc(-c5nc(-c6ccccc6)nc(-c6ccccc6)n5)c4)ccc2c13. The van der Waals surface area contributed by atoms with Crippen LogP contribution >= 0.6 is 0 Å². The van der Waals surface area contributed by atoms with E-state index >= 15 is 0 Å². The quantitative estimate of drug-likeness (QED) is 0.177. The molecule has 52 heavy (non-hydrogen) atoms. The number of rotatable bonds is 6. The van der Waals surface area contributed by atoms with Gasteiger partial charge in [0.15, 0.2) is 17.5 Å². The summed E-state index contributed by atoms with van der Waals surface area (Å²) in [6, 6.07) is 53.2. The highest BCUT2D eigenvalue weighted by atomic mass is 15.0. The van der Waals surface area contributed by atoms with Gasteiger partial charge in [-0.25, -0.2) is 15.0 Å². The standard InChI is InChI=1S/C48H32N4/c1-3-12-33(13-4-1)46-50-47(34-14-5-2-6-15-34)52-48(51-46)37-29-35(31-21-23-32(24-22-31)44-20-9-10-27-49-44)28-36(30-37)38-25-26-43-40-17-8-7-16-39(40)42-19-11-18-41(38)45(42)43/h1-16,18-30,40H,17H2. The van der Waals surface area contributed by atoms with Crippen LogP contribution in [0.4, 0.5) is 0 Å². The minimum Gasteiger partial charge on any atom is -0.256 e. The van der Waals surface area contributed by atoms with Gasteiger partial charge in [-0.15, -0.1) is 0 Å². The van der Waals surface area contributed by atoms with E-state index in [1.54, 1.807) is 0 Å². The average Bonchev–Trinajstić information content (AvgIpc) is 3.56. The predicted molar refractivity (Wildman–Crippen MR) is 212 cm³/mol. The van der Waals surface area contributed by atoms with Crippen molar-refractivity contribution in [1.29, 1.82) is 0 Å². The van der Waals surface area contributed by atoms with Gasteiger partial charge in [0.25, 0.3) is 0 Å². The van der Waals surface area contributed by atoms with Crippen LogP contribution in [0.2, 0.25) is 0 Å². The fourth-order valence-electron chi connectivity index (χ4n) is 7.80. The lowest BCUT2D eigenvalue weighted by atomic mass is 9.88. The molecule has 6 aromatic carbocycles. The maximum absolute atomic E-state index is 5.13. The summed E-state index contributed by atoms with van der Waals surface area (Å²) in [5.41, 5.74) is 13.6. The summed E-state index contributed by atoms with van der Waals surface area (Å²) >= 11 is 0. The summed E-state index contributed by atoms with van der Waals surface area (Å²) in [6.07, 6.45) is 9.66. The smallest absolute Gasteiger partial charge is 0.164 e. The Kier molecular flexibility index (Phi) is 7.24. The molecule has 0 aliphatic heterocycles. The van der Waals surface area contributed by atoms with Crippen molar-refractivity contribution in [2.45, 2.75) is 12.3 Å². The number of benzene rings is 6. The molecule has 0 fully saturated rings. The number of fused-ring (bicyclic) bond motifs is 3. The highest BCUT2D eigenvalue weighted by molar-refractivity contribution is 6.09. The Morgan fingerprint density at radius 2 is 1.12 bits per heavy atom. The van der Waals surface area contributed by atoms with Crippen molar-refractivity contribution in [3.8, 4) is 67.7 Å². The largest absolute Gasteiger partial charge is 0.256 e. The normalized spacial score (nSPS) is 14.3. The van der Waals surface area contributed by atoms with Crippen molar-refractivity contribution in [2.75, 3.05) is 0 Å². The molecule has 2 aliphatic rings. The second-order valence-electron chi connectivity index (χ2n) is 13.4. The highest BCUT2D eigenvalue weighted by Gasteiger charge is 2.30. The van der Waals surface area contributed by atoms with Gasteiger partial charge < -0.3 is 0 Å². The van der Waals surface area contributed by atoms with Crippen molar-refractivity contribution in [3.05, 3.63) is 187 Å². The van der Waals surface area contributed by atoms with Gasteiger partial charge in [-0.3, -0.25) is 4.98 Å². The summed E-state index contributed by atoms with van der Waals surface area (Å²) in [5, 5.41) is 2.63. The summed E-state index contributed by atoms with van der Waals surface area (Å²) in [7, 11) is 0. The first-order valence-electron chi connectivity index (χ1n) is 17.7. The van der Waals surface area contributed by atoms with Gasteiger partial charge in [0.05, 0.1) is 5.69 Å². The van der Waals surface area contributed by atoms with Crippen LogP contribution in [-0.2, 0) is 0 Å². The lowest BCUT2D eigenvalue weighted by molar-refractivity contribution is 0.899. The van der Waals surface area contributed by atoms with Crippen LogP contribution in [-0.4, -0.2) is 19.9 Å². The van der Waals surface area contributed by atoms with Crippen molar-refractivity contribution in [3.63, 3.8) is 0 Å². The Hall–Kier alpha value is -6.78. The zero-order valence-corrected chi connectivity index (χ0v) is 28.3. The third-order valence-corrected chi connectivity index (χ3v) is 10.3. The molecule has 0 spiro atoms. The van der Waals surface area contributed by atoms with Crippen LogP contribution < -0.4 is 0 Å². The van der Waals surface area contributed by atoms with E-state index in [4.69, 9.17) is 15.0 Å². The minimum atomic E-state index is 0.413. The van der Waals surface area contributed by atoms with Crippen molar-refractivity contribution >= 4 is 16.3 Å². The molecule has 2 aromatic heterocycles. The van der Waals surface area contributed by atoms with E-state index in [0.29, 0.717) is 23.4 Å². The summed E-state index contributed by atoms with van der Waals surface area (Å²) in [6.45, 7) is 0. The number of allylic oxidation sites excluding steroid dienone is 4. The Morgan fingerprint density at radius 1 is 0.462 bits per heavy atom. The maximum atomic E-state index is 5.13. The first-order chi connectivity index (χ1) is 25.8. The number of pyridine rings is 1. The van der Waals surface area contributed by atoms with Crippen molar-refractivity contribution < 1.29 is 0 Å². The topological polar surface area (TPSA) is 51.6 Å². The zero-order chi connectivity index (χ0) is 34.4. The first-order valence-corrected chi connectivity index (χ1v) is 17.7. The zero-order valence-electron chi connectivity index (χ0n) is 28.3. The third kappa shape index (κ3) is 5.24. The van der Waals surface area contributed by atoms with E-state index in [-0.39, 0.29) is 0 Å². The van der Waals surface area contributed by atoms with Crippen molar-refractivity contribution in [2.24, 2.45) is 0 Å². The monoisotopic (exact) mass is 664 g/mol. The Bertz CT molecular complexity index is 2620. The average molecular weight is 665 g/mol. The van der Waals surface area contributed by atoms with E-state index in [1.807, 2.05) is 85.1 Å². The van der Waals surface area contributed by atoms with Crippen LogP contribution in [0.15, 0.2) is 176 Å². The van der Waals surface area contributed by atoms with Gasteiger partial charge in [0, 0.05) is 34.4 Å². The fraction of sp³-hybridized carbons (Fsp3) is 0.0417. The number of hydrogen-bond acceptors (Lipinski definition) is 4. The molecule has 0 saturated heterocycles. The second kappa shape index (κ2) is 12.5. The summed E-state index contributed by atoms with van der Waals surface area (Å²) < 4.78 is 0. The molecular formula is C48H32N4. The van der Waals surface area contributed by atoms with Gasteiger partial charge >= 0.3 is 0 Å². The first kappa shape index (κ1) is 30.1. The Balaban J connectivity index is 1.19. The van der Waals surface area contributed by atoms with E-state index in [9.17, 15) is 0 Å². The van der Waals surface area contributed by atoms with Crippen LogP contribution in [0.3, 0.4) is 0 Å². The lowest BCUT2D eigenvalue weighted by Crippen LogP contribution is -2.00. The molecule has 0 saturated carbocycles. The molecule has 8 aromatic rings. The molecular weight excluding hydrogens is 633 g/mol. The van der Waals surface area contributed by atoms with Crippen molar-refractivity contribution in [1.82, 2.24) is 19.9 Å². The maximum Gasteiger partial charge on any atom is 0.164 e. The molecule has 2 heterocycles. The van der Waals surface area contributed by atoms with Gasteiger partial charge in [0.2, 0.25) is 0 Å². The molecule has 0 N–H and O–H groups in total. The summed E-state index contributed by atoms with van der Waals surface area (Å²) in [4.78, 5) is 19.8. The number of aromatic nitrogens is 4. The molecule has 1 unspecified atom stereocenters. The van der Waals surface area contributed by atoms with Crippen LogP contribution in [0.25, 0.3) is 84.0 Å². The predicted octanol–water partition coefficient (Wildman–Crippen LogP) is 11.9. The van der Waals surface area contributed by atoms with Crippen LogP contribution in [0, 0.1) is 0 Å². The van der Waals surface area contributed by atoms with E-state index in [2.05, 4.69) is 96.0 Å². The fourth-order valence-corrected chi connectivity index (χ4v) is 7.80. The van der Waals surface area contributed by atoms with Crippen LogP contribution in [0.5, 0.6) is 0 Å². The molecule has 4 nitrogen and oxygen atoms in total. The summed E-state index contributed by atoms with van der Waals surface area (Å²) in [5.74, 6) is 2.34. The molecule has 0 bridgehead atoms. The van der Waals surface area contributed by atoms with Gasteiger partial charge in [-0.2, -0.15) is 0 Å². The van der Waals surface area contributed by atoms with Crippen LogP contribution in [0.1, 0.15) is 23.5 Å².